The van der Waals surface area contributed by atoms with Crippen LogP contribution in [0, 0.1) is 0 Å². The Hall–Kier alpha value is -1.51. The van der Waals surface area contributed by atoms with Crippen molar-refractivity contribution in [3.8, 4) is 0 Å². The molecule has 0 spiro atoms. The molecule has 0 saturated heterocycles. The first-order chi connectivity index (χ1) is 7.09. The predicted molar refractivity (Wildman–Crippen MR) is 62.8 cm³/mol. The minimum Gasteiger partial charge on any atom is -0.382 e. The summed E-state index contributed by atoms with van der Waals surface area (Å²) >= 11 is 0. The number of hydrogen-bond acceptors (Lipinski definition) is 2. The lowest BCUT2D eigenvalue weighted by molar-refractivity contribution is -0.128. The summed E-state index contributed by atoms with van der Waals surface area (Å²) in [7, 11) is 3.55. The van der Waals surface area contributed by atoms with E-state index < -0.39 is 0 Å². The highest BCUT2D eigenvalue weighted by Crippen LogP contribution is 2.08. The normalized spacial score (nSPS) is 11.9. The molecule has 1 rings (SSSR count). The predicted octanol–water partition coefficient (Wildman–Crippen LogP) is 1.97. The molecule has 1 atom stereocenters. The molecule has 15 heavy (non-hydrogen) atoms. The Kier molecular flexibility index (Phi) is 4.16. The van der Waals surface area contributed by atoms with Gasteiger partial charge in [0.2, 0.25) is 5.91 Å². The molecule has 3 heteroatoms. The number of rotatable bonds is 4. The minimum absolute atomic E-state index is 0.144. The third-order valence-electron chi connectivity index (χ3n) is 2.17. The van der Waals surface area contributed by atoms with E-state index in [1.807, 2.05) is 37.3 Å². The third kappa shape index (κ3) is 4.02. The molecule has 0 aliphatic carbocycles. The second-order valence-electron chi connectivity index (χ2n) is 3.90. The zero-order valence-electron chi connectivity index (χ0n) is 9.53. The van der Waals surface area contributed by atoms with Crippen molar-refractivity contribution >= 4 is 11.6 Å². The van der Waals surface area contributed by atoms with E-state index in [2.05, 4.69) is 5.32 Å². The van der Waals surface area contributed by atoms with Crippen LogP contribution in [0.5, 0.6) is 0 Å². The zero-order chi connectivity index (χ0) is 11.3. The Balaban J connectivity index is 2.43. The Morgan fingerprint density at radius 2 is 1.93 bits per heavy atom. The number of carbonyl (C=O) groups excluding carboxylic acids is 1. The van der Waals surface area contributed by atoms with Gasteiger partial charge in [-0.05, 0) is 19.1 Å². The van der Waals surface area contributed by atoms with E-state index in [1.165, 1.54) is 0 Å². The molecule has 0 fully saturated rings. The van der Waals surface area contributed by atoms with Gasteiger partial charge in [0, 0.05) is 32.2 Å². The summed E-state index contributed by atoms with van der Waals surface area (Å²) in [5.74, 6) is 0.144. The van der Waals surface area contributed by atoms with Crippen LogP contribution in [0.15, 0.2) is 30.3 Å². The number of nitrogens with zero attached hydrogens (tertiary/aromatic N) is 1. The lowest BCUT2D eigenvalue weighted by Crippen LogP contribution is -2.28. The highest BCUT2D eigenvalue weighted by Gasteiger charge is 2.09. The van der Waals surface area contributed by atoms with Gasteiger partial charge in [-0.1, -0.05) is 18.2 Å². The molecule has 1 aromatic carbocycles. The standard InChI is InChI=1S/C12H18N2O/c1-10(9-12(15)14(2)3)13-11-7-5-4-6-8-11/h4-8,10,13H,9H2,1-3H3/t10-/m0/s1. The van der Waals surface area contributed by atoms with Gasteiger partial charge in [-0.25, -0.2) is 0 Å². The van der Waals surface area contributed by atoms with Crippen molar-refractivity contribution in [2.45, 2.75) is 19.4 Å². The minimum atomic E-state index is 0.144. The fourth-order valence-corrected chi connectivity index (χ4v) is 1.31. The molecule has 1 N–H and O–H groups in total. The van der Waals surface area contributed by atoms with Crippen molar-refractivity contribution < 1.29 is 4.79 Å². The van der Waals surface area contributed by atoms with Gasteiger partial charge in [-0.2, -0.15) is 0 Å². The van der Waals surface area contributed by atoms with Gasteiger partial charge >= 0.3 is 0 Å². The van der Waals surface area contributed by atoms with Crippen LogP contribution < -0.4 is 5.32 Å². The van der Waals surface area contributed by atoms with Gasteiger partial charge in [-0.15, -0.1) is 0 Å². The van der Waals surface area contributed by atoms with Gasteiger partial charge in [0.15, 0.2) is 0 Å². The van der Waals surface area contributed by atoms with Gasteiger partial charge in [0.1, 0.15) is 0 Å². The third-order valence-corrected chi connectivity index (χ3v) is 2.17. The first kappa shape index (κ1) is 11.6. The average Bonchev–Trinajstić information content (AvgIpc) is 2.18. The zero-order valence-corrected chi connectivity index (χ0v) is 9.53. The quantitative estimate of drug-likeness (QED) is 0.816. The number of para-hydroxylation sites is 1. The van der Waals surface area contributed by atoms with Crippen LogP contribution in [0.4, 0.5) is 5.69 Å². The molecule has 0 aliphatic heterocycles. The van der Waals surface area contributed by atoms with Crippen LogP contribution >= 0.6 is 0 Å². The molecule has 0 bridgehead atoms. The Morgan fingerprint density at radius 3 is 2.47 bits per heavy atom. The summed E-state index contributed by atoms with van der Waals surface area (Å²) in [6.07, 6.45) is 0.516. The van der Waals surface area contributed by atoms with Gasteiger partial charge in [-0.3, -0.25) is 4.79 Å². The summed E-state index contributed by atoms with van der Waals surface area (Å²) in [5, 5.41) is 3.28. The van der Waals surface area contributed by atoms with Crippen LogP contribution in [-0.4, -0.2) is 30.9 Å². The summed E-state index contributed by atoms with van der Waals surface area (Å²) in [6, 6.07) is 10.1. The lowest BCUT2D eigenvalue weighted by Gasteiger charge is -2.17. The van der Waals surface area contributed by atoms with Crippen molar-refractivity contribution in [2.75, 3.05) is 19.4 Å². The Bertz CT molecular complexity index is 309. The van der Waals surface area contributed by atoms with E-state index in [-0.39, 0.29) is 11.9 Å². The maximum atomic E-state index is 11.4. The highest BCUT2D eigenvalue weighted by atomic mass is 16.2. The van der Waals surface area contributed by atoms with Crippen LogP contribution in [0.25, 0.3) is 0 Å². The smallest absolute Gasteiger partial charge is 0.224 e. The van der Waals surface area contributed by atoms with Gasteiger partial charge in [0.25, 0.3) is 0 Å². The average molecular weight is 206 g/mol. The molecule has 0 unspecified atom stereocenters. The van der Waals surface area contributed by atoms with E-state index >= 15 is 0 Å². The molecule has 0 radical (unpaired) electrons. The molecule has 1 amide bonds. The van der Waals surface area contributed by atoms with E-state index in [1.54, 1.807) is 19.0 Å². The van der Waals surface area contributed by atoms with E-state index in [0.717, 1.165) is 5.69 Å². The molecule has 0 aliphatic rings. The van der Waals surface area contributed by atoms with Crippen molar-refractivity contribution in [3.05, 3.63) is 30.3 Å². The summed E-state index contributed by atoms with van der Waals surface area (Å²) < 4.78 is 0. The monoisotopic (exact) mass is 206 g/mol. The number of anilines is 1. The van der Waals surface area contributed by atoms with Crippen molar-refractivity contribution in [1.29, 1.82) is 0 Å². The van der Waals surface area contributed by atoms with Crippen LogP contribution in [0.1, 0.15) is 13.3 Å². The van der Waals surface area contributed by atoms with Crippen LogP contribution in [0.3, 0.4) is 0 Å². The van der Waals surface area contributed by atoms with Crippen LogP contribution in [0.2, 0.25) is 0 Å². The molecule has 1 aromatic rings. The molecular formula is C12H18N2O. The summed E-state index contributed by atoms with van der Waals surface area (Å²) in [5.41, 5.74) is 1.05. The Morgan fingerprint density at radius 1 is 1.33 bits per heavy atom. The maximum absolute atomic E-state index is 11.4. The Labute approximate surface area is 91.1 Å². The van der Waals surface area contributed by atoms with Crippen molar-refractivity contribution in [2.24, 2.45) is 0 Å². The fourth-order valence-electron chi connectivity index (χ4n) is 1.31. The number of hydrogen-bond donors (Lipinski definition) is 1. The molecule has 0 aromatic heterocycles. The number of carbonyl (C=O) groups is 1. The first-order valence-electron chi connectivity index (χ1n) is 5.11. The number of nitrogens with one attached hydrogen (secondary N) is 1. The molecular weight excluding hydrogens is 188 g/mol. The van der Waals surface area contributed by atoms with Crippen molar-refractivity contribution in [3.63, 3.8) is 0 Å². The molecule has 3 nitrogen and oxygen atoms in total. The largest absolute Gasteiger partial charge is 0.382 e. The molecule has 0 saturated carbocycles. The van der Waals surface area contributed by atoms with Crippen LogP contribution in [-0.2, 0) is 4.79 Å². The van der Waals surface area contributed by atoms with E-state index in [0.29, 0.717) is 6.42 Å². The lowest BCUT2D eigenvalue weighted by atomic mass is 10.2. The number of benzene rings is 1. The second kappa shape index (κ2) is 5.39. The van der Waals surface area contributed by atoms with E-state index in [4.69, 9.17) is 0 Å². The van der Waals surface area contributed by atoms with Gasteiger partial charge < -0.3 is 10.2 Å². The maximum Gasteiger partial charge on any atom is 0.224 e. The highest BCUT2D eigenvalue weighted by molar-refractivity contribution is 5.76. The first-order valence-corrected chi connectivity index (χ1v) is 5.11. The SMILES string of the molecule is C[C@@H](CC(=O)N(C)C)Nc1ccccc1. The van der Waals surface area contributed by atoms with Gasteiger partial charge in [0.05, 0.1) is 0 Å². The topological polar surface area (TPSA) is 32.3 Å². The number of amides is 1. The molecule has 0 heterocycles. The molecule has 82 valence electrons. The summed E-state index contributed by atoms with van der Waals surface area (Å²) in [6.45, 7) is 2.01. The summed E-state index contributed by atoms with van der Waals surface area (Å²) in [4.78, 5) is 13.0. The van der Waals surface area contributed by atoms with Crippen molar-refractivity contribution in [1.82, 2.24) is 4.90 Å². The second-order valence-corrected chi connectivity index (χ2v) is 3.90. The fraction of sp³-hybridized carbons (Fsp3) is 0.417. The van der Waals surface area contributed by atoms with E-state index in [9.17, 15) is 4.79 Å².